The maximum absolute atomic E-state index is 12.5. The van der Waals surface area contributed by atoms with Gasteiger partial charge in [-0.2, -0.15) is 0 Å². The van der Waals surface area contributed by atoms with Crippen LogP contribution in [-0.4, -0.2) is 16.0 Å². The predicted octanol–water partition coefficient (Wildman–Crippen LogP) is 3.63. The smallest absolute Gasteiger partial charge is 0.257 e. The van der Waals surface area contributed by atoms with Gasteiger partial charge in [-0.25, -0.2) is 0 Å². The summed E-state index contributed by atoms with van der Waals surface area (Å²) in [6, 6.07) is 11.0. The largest absolute Gasteiger partial charge is 0.355 e. The highest BCUT2D eigenvalue weighted by molar-refractivity contribution is 6.31. The highest BCUT2D eigenvalue weighted by Crippen LogP contribution is 2.25. The number of hydrogen-bond donors (Lipinski definition) is 1. The summed E-state index contributed by atoms with van der Waals surface area (Å²) >= 11 is 6.10. The molecule has 0 saturated carbocycles. The van der Waals surface area contributed by atoms with Crippen molar-refractivity contribution in [3.05, 3.63) is 70.6 Å². The summed E-state index contributed by atoms with van der Waals surface area (Å²) in [6.45, 7) is 2.06. The Labute approximate surface area is 138 Å². The number of nitrogens with zero attached hydrogens (tertiary/aromatic N) is 2. The fourth-order valence-electron chi connectivity index (χ4n) is 2.24. The molecule has 6 heteroatoms. The molecule has 0 unspecified atom stereocenters. The van der Waals surface area contributed by atoms with Gasteiger partial charge in [-0.15, -0.1) is 0 Å². The van der Waals surface area contributed by atoms with E-state index in [2.05, 4.69) is 15.5 Å². The van der Waals surface area contributed by atoms with Crippen LogP contribution >= 0.6 is 11.6 Å². The van der Waals surface area contributed by atoms with Crippen LogP contribution in [0.2, 0.25) is 5.02 Å². The summed E-state index contributed by atoms with van der Waals surface area (Å²) in [5.74, 6) is 0.148. The van der Waals surface area contributed by atoms with Crippen molar-refractivity contribution in [3.63, 3.8) is 0 Å². The molecule has 1 N–H and O–H groups in total. The van der Waals surface area contributed by atoms with Crippen LogP contribution < -0.4 is 5.32 Å². The monoisotopic (exact) mass is 327 g/mol. The Morgan fingerprint density at radius 2 is 2.09 bits per heavy atom. The molecule has 3 aromatic rings. The summed E-state index contributed by atoms with van der Waals surface area (Å²) in [6.07, 6.45) is 3.29. The van der Waals surface area contributed by atoms with Gasteiger partial charge in [0.1, 0.15) is 5.56 Å². The van der Waals surface area contributed by atoms with Gasteiger partial charge in [0.25, 0.3) is 5.91 Å². The molecule has 0 aliphatic carbocycles. The third kappa shape index (κ3) is 3.24. The number of aryl methyl sites for hydroxylation is 1. The zero-order valence-electron chi connectivity index (χ0n) is 12.4. The Morgan fingerprint density at radius 3 is 2.83 bits per heavy atom. The lowest BCUT2D eigenvalue weighted by Gasteiger charge is -2.07. The molecular formula is C17H14ClN3O2. The molecule has 1 aromatic carbocycles. The van der Waals surface area contributed by atoms with Gasteiger partial charge in [-0.1, -0.05) is 35.0 Å². The Kier molecular flexibility index (Phi) is 4.39. The average Bonchev–Trinajstić information content (AvgIpc) is 2.96. The van der Waals surface area contributed by atoms with Crippen molar-refractivity contribution in [2.24, 2.45) is 0 Å². The van der Waals surface area contributed by atoms with Crippen molar-refractivity contribution < 1.29 is 9.32 Å². The molecule has 0 atom stereocenters. The lowest BCUT2D eigenvalue weighted by atomic mass is 10.1. The van der Waals surface area contributed by atoms with Gasteiger partial charge in [-0.05, 0) is 30.7 Å². The molecule has 0 saturated heterocycles. The van der Waals surface area contributed by atoms with Crippen LogP contribution in [-0.2, 0) is 6.54 Å². The topological polar surface area (TPSA) is 68.0 Å². The van der Waals surface area contributed by atoms with Crippen LogP contribution in [0, 0.1) is 6.92 Å². The molecule has 0 fully saturated rings. The number of nitrogens with one attached hydrogen (secondary N) is 1. The number of carbonyl (C=O) groups excluding carboxylic acids is 1. The van der Waals surface area contributed by atoms with E-state index in [1.807, 2.05) is 24.3 Å². The molecule has 0 radical (unpaired) electrons. The van der Waals surface area contributed by atoms with Crippen molar-refractivity contribution in [1.82, 2.24) is 15.5 Å². The number of hydrogen-bond acceptors (Lipinski definition) is 4. The number of benzene rings is 1. The SMILES string of the molecule is Cc1noc(-c2cccnc2)c1C(=O)NCc1ccccc1Cl. The van der Waals surface area contributed by atoms with Crippen molar-refractivity contribution >= 4 is 17.5 Å². The summed E-state index contributed by atoms with van der Waals surface area (Å²) < 4.78 is 5.30. The van der Waals surface area contributed by atoms with Gasteiger partial charge in [0.2, 0.25) is 0 Å². The molecule has 3 rings (SSSR count). The molecule has 116 valence electrons. The lowest BCUT2D eigenvalue weighted by Crippen LogP contribution is -2.23. The van der Waals surface area contributed by atoms with Crippen LogP contribution in [0.1, 0.15) is 21.6 Å². The molecular weight excluding hydrogens is 314 g/mol. The fraction of sp³-hybridized carbons (Fsp3) is 0.118. The number of amides is 1. The minimum atomic E-state index is -0.262. The first kappa shape index (κ1) is 15.2. The number of halogens is 1. The first-order chi connectivity index (χ1) is 11.2. The Morgan fingerprint density at radius 1 is 1.26 bits per heavy atom. The van der Waals surface area contributed by atoms with Gasteiger partial charge in [0.15, 0.2) is 5.76 Å². The zero-order chi connectivity index (χ0) is 16.2. The van der Waals surface area contributed by atoms with Crippen LogP contribution in [0.3, 0.4) is 0 Å². The van der Waals surface area contributed by atoms with E-state index in [0.29, 0.717) is 34.1 Å². The Hall–Kier alpha value is -2.66. The van der Waals surface area contributed by atoms with Gasteiger partial charge < -0.3 is 9.84 Å². The van der Waals surface area contributed by atoms with Crippen LogP contribution in [0.25, 0.3) is 11.3 Å². The van der Waals surface area contributed by atoms with E-state index in [0.717, 1.165) is 5.56 Å². The molecule has 5 nitrogen and oxygen atoms in total. The minimum absolute atomic E-state index is 0.262. The third-order valence-electron chi connectivity index (χ3n) is 3.41. The summed E-state index contributed by atoms with van der Waals surface area (Å²) in [5.41, 5.74) is 2.49. The quantitative estimate of drug-likeness (QED) is 0.794. The first-order valence-corrected chi connectivity index (χ1v) is 7.43. The van der Waals surface area contributed by atoms with E-state index in [-0.39, 0.29) is 5.91 Å². The standard InChI is InChI=1S/C17H14ClN3O2/c1-11-15(16(23-21-11)13-6-4-8-19-9-13)17(22)20-10-12-5-2-3-7-14(12)18/h2-9H,10H2,1H3,(H,20,22). The molecule has 2 heterocycles. The highest BCUT2D eigenvalue weighted by Gasteiger charge is 2.21. The van der Waals surface area contributed by atoms with Crippen molar-refractivity contribution in [1.29, 1.82) is 0 Å². The molecule has 0 aliphatic heterocycles. The third-order valence-corrected chi connectivity index (χ3v) is 3.78. The fourth-order valence-corrected chi connectivity index (χ4v) is 2.44. The molecule has 0 bridgehead atoms. The second-order valence-electron chi connectivity index (χ2n) is 4.99. The lowest BCUT2D eigenvalue weighted by molar-refractivity contribution is 0.0950. The van der Waals surface area contributed by atoms with E-state index in [4.69, 9.17) is 16.1 Å². The zero-order valence-corrected chi connectivity index (χ0v) is 13.2. The summed E-state index contributed by atoms with van der Waals surface area (Å²) in [4.78, 5) is 16.6. The predicted molar refractivity (Wildman–Crippen MR) is 87.1 cm³/mol. The van der Waals surface area contributed by atoms with Gasteiger partial charge in [0.05, 0.1) is 5.69 Å². The molecule has 1 amide bonds. The second-order valence-corrected chi connectivity index (χ2v) is 5.40. The number of aromatic nitrogens is 2. The number of carbonyl (C=O) groups is 1. The maximum atomic E-state index is 12.5. The van der Waals surface area contributed by atoms with Crippen LogP contribution in [0.4, 0.5) is 0 Å². The van der Waals surface area contributed by atoms with Crippen LogP contribution in [0.15, 0.2) is 53.3 Å². The molecule has 23 heavy (non-hydrogen) atoms. The van der Waals surface area contributed by atoms with Crippen molar-refractivity contribution in [2.45, 2.75) is 13.5 Å². The minimum Gasteiger partial charge on any atom is -0.355 e. The van der Waals surface area contributed by atoms with E-state index in [1.54, 1.807) is 31.5 Å². The Balaban J connectivity index is 1.83. The highest BCUT2D eigenvalue weighted by atomic mass is 35.5. The molecule has 2 aromatic heterocycles. The van der Waals surface area contributed by atoms with E-state index < -0.39 is 0 Å². The molecule has 0 spiro atoms. The normalized spacial score (nSPS) is 10.5. The summed E-state index contributed by atoms with van der Waals surface area (Å²) in [7, 11) is 0. The number of pyridine rings is 1. The van der Waals surface area contributed by atoms with Crippen molar-refractivity contribution in [2.75, 3.05) is 0 Å². The van der Waals surface area contributed by atoms with E-state index in [1.165, 1.54) is 0 Å². The van der Waals surface area contributed by atoms with E-state index >= 15 is 0 Å². The van der Waals surface area contributed by atoms with Gasteiger partial charge in [0, 0.05) is 29.5 Å². The van der Waals surface area contributed by atoms with E-state index in [9.17, 15) is 4.79 Å². The van der Waals surface area contributed by atoms with Crippen molar-refractivity contribution in [3.8, 4) is 11.3 Å². The molecule has 0 aliphatic rings. The maximum Gasteiger partial charge on any atom is 0.257 e. The number of rotatable bonds is 4. The Bertz CT molecular complexity index is 831. The summed E-state index contributed by atoms with van der Waals surface area (Å²) in [5, 5.41) is 7.36. The average molecular weight is 328 g/mol. The van der Waals surface area contributed by atoms with Gasteiger partial charge in [-0.3, -0.25) is 9.78 Å². The first-order valence-electron chi connectivity index (χ1n) is 7.05. The van der Waals surface area contributed by atoms with Crippen LogP contribution in [0.5, 0.6) is 0 Å². The second kappa shape index (κ2) is 6.62. The van der Waals surface area contributed by atoms with Gasteiger partial charge >= 0.3 is 0 Å².